The summed E-state index contributed by atoms with van der Waals surface area (Å²) < 4.78 is 18.9. The second kappa shape index (κ2) is 10.7. The number of hydrogen-bond acceptors (Lipinski definition) is 5. The number of ether oxygens (including phenoxy) is 1. The minimum Gasteiger partial charge on any atom is -0.491 e. The van der Waals surface area contributed by atoms with Crippen LogP contribution in [-0.4, -0.2) is 59.8 Å². The molecule has 4 rings (SSSR count). The Hall–Kier alpha value is -2.45. The standard InChI is InChI=1S/C24H24Cl2FN3O3/c25-17-2-6-22-16(9-17)1-5-23(29-22)24(32)28-11-15-7-8-30(12-15)13-18(31)14-33-19-3-4-20(26)21(27)10-19/h1-6,9-10,15,18,31H,7-8,11-14H2,(H,28,32)/t15?,18-/m1/s1. The Labute approximate surface area is 201 Å². The van der Waals surface area contributed by atoms with Crippen LogP contribution in [0.2, 0.25) is 10.0 Å². The molecule has 0 radical (unpaired) electrons. The van der Waals surface area contributed by atoms with Crippen molar-refractivity contribution in [1.82, 2.24) is 15.2 Å². The number of aromatic nitrogens is 1. The van der Waals surface area contributed by atoms with Crippen LogP contribution in [0.25, 0.3) is 10.9 Å². The number of carbonyl (C=O) groups is 1. The molecule has 0 saturated carbocycles. The summed E-state index contributed by atoms with van der Waals surface area (Å²) in [7, 11) is 0. The van der Waals surface area contributed by atoms with Crippen LogP contribution in [0.1, 0.15) is 16.9 Å². The van der Waals surface area contributed by atoms with E-state index in [9.17, 15) is 14.3 Å². The molecule has 6 nitrogen and oxygen atoms in total. The number of rotatable bonds is 8. The highest BCUT2D eigenvalue weighted by molar-refractivity contribution is 6.31. The van der Waals surface area contributed by atoms with Crippen molar-refractivity contribution in [3.8, 4) is 5.75 Å². The zero-order valence-corrected chi connectivity index (χ0v) is 19.3. The van der Waals surface area contributed by atoms with E-state index in [1.165, 1.54) is 12.1 Å². The first kappa shape index (κ1) is 23.7. The minimum absolute atomic E-state index is 0.0272. The highest BCUT2D eigenvalue weighted by Crippen LogP contribution is 2.21. The SMILES string of the molecule is O=C(NCC1CCN(C[C@@H](O)COc2ccc(Cl)c(F)c2)C1)c1ccc2cc(Cl)ccc2n1. The number of β-amino-alcohol motifs (C(OH)–C–C–N with tert-alkyl or cyclic N) is 1. The maximum atomic E-state index is 13.5. The molecule has 1 amide bonds. The second-order valence-electron chi connectivity index (χ2n) is 8.20. The lowest BCUT2D eigenvalue weighted by atomic mass is 10.1. The smallest absolute Gasteiger partial charge is 0.269 e. The molecule has 1 aliphatic heterocycles. The summed E-state index contributed by atoms with van der Waals surface area (Å²) in [6.07, 6.45) is 0.201. The summed E-state index contributed by atoms with van der Waals surface area (Å²) in [5, 5.41) is 14.8. The van der Waals surface area contributed by atoms with Gasteiger partial charge in [-0.25, -0.2) is 9.37 Å². The van der Waals surface area contributed by atoms with Gasteiger partial charge < -0.3 is 20.1 Å². The molecular formula is C24H24Cl2FN3O3. The van der Waals surface area contributed by atoms with E-state index in [2.05, 4.69) is 15.2 Å². The monoisotopic (exact) mass is 491 g/mol. The molecular weight excluding hydrogens is 468 g/mol. The number of nitrogens with zero attached hydrogens (tertiary/aromatic N) is 2. The van der Waals surface area contributed by atoms with Gasteiger partial charge in [0.05, 0.1) is 10.5 Å². The fourth-order valence-corrected chi connectivity index (χ4v) is 4.20. The summed E-state index contributed by atoms with van der Waals surface area (Å²) in [5.41, 5.74) is 1.09. The van der Waals surface area contributed by atoms with E-state index in [0.717, 1.165) is 30.4 Å². The van der Waals surface area contributed by atoms with Gasteiger partial charge in [0.25, 0.3) is 5.91 Å². The lowest BCUT2D eigenvalue weighted by Crippen LogP contribution is -2.36. The first-order valence-corrected chi connectivity index (χ1v) is 11.5. The van der Waals surface area contributed by atoms with Gasteiger partial charge in [0.15, 0.2) is 0 Å². The third-order valence-corrected chi connectivity index (χ3v) is 6.15. The Kier molecular flexibility index (Phi) is 7.65. The summed E-state index contributed by atoms with van der Waals surface area (Å²) in [5.74, 6) is -0.166. The molecule has 3 aromatic rings. The fraction of sp³-hybridized carbons (Fsp3) is 0.333. The molecule has 2 aromatic carbocycles. The number of carbonyl (C=O) groups excluding carboxylic acids is 1. The van der Waals surface area contributed by atoms with Gasteiger partial charge in [-0.05, 0) is 55.3 Å². The lowest BCUT2D eigenvalue weighted by Gasteiger charge is -2.20. The van der Waals surface area contributed by atoms with E-state index in [-0.39, 0.29) is 23.5 Å². The Morgan fingerprint density at radius 1 is 1.24 bits per heavy atom. The molecule has 33 heavy (non-hydrogen) atoms. The molecule has 1 aromatic heterocycles. The molecule has 1 fully saturated rings. The van der Waals surface area contributed by atoms with Crippen LogP contribution in [0.15, 0.2) is 48.5 Å². The summed E-state index contributed by atoms with van der Waals surface area (Å²) in [6, 6.07) is 13.1. The first-order valence-electron chi connectivity index (χ1n) is 10.7. The quantitative estimate of drug-likeness (QED) is 0.494. The molecule has 174 valence electrons. The average Bonchev–Trinajstić information content (AvgIpc) is 3.25. The van der Waals surface area contributed by atoms with E-state index in [1.54, 1.807) is 24.3 Å². The second-order valence-corrected chi connectivity index (χ2v) is 9.04. The summed E-state index contributed by atoms with van der Waals surface area (Å²) >= 11 is 11.6. The van der Waals surface area contributed by atoms with Gasteiger partial charge >= 0.3 is 0 Å². The Balaban J connectivity index is 1.21. The molecule has 2 N–H and O–H groups in total. The first-order chi connectivity index (χ1) is 15.9. The van der Waals surface area contributed by atoms with Crippen LogP contribution in [0.3, 0.4) is 0 Å². The number of aliphatic hydroxyl groups is 1. The highest BCUT2D eigenvalue weighted by atomic mass is 35.5. The number of benzene rings is 2. The van der Waals surface area contributed by atoms with Gasteiger partial charge in [-0.2, -0.15) is 0 Å². The normalized spacial score (nSPS) is 17.3. The van der Waals surface area contributed by atoms with E-state index in [0.29, 0.717) is 29.6 Å². The number of halogens is 3. The van der Waals surface area contributed by atoms with Crippen molar-refractivity contribution < 1.29 is 19.0 Å². The van der Waals surface area contributed by atoms with Gasteiger partial charge in [0, 0.05) is 36.1 Å². The molecule has 2 atom stereocenters. The van der Waals surface area contributed by atoms with Gasteiger partial charge in [0.2, 0.25) is 0 Å². The van der Waals surface area contributed by atoms with Crippen molar-refractivity contribution in [2.45, 2.75) is 12.5 Å². The maximum Gasteiger partial charge on any atom is 0.269 e. The number of amides is 1. The molecule has 1 saturated heterocycles. The zero-order chi connectivity index (χ0) is 23.4. The lowest BCUT2D eigenvalue weighted by molar-refractivity contribution is 0.0743. The zero-order valence-electron chi connectivity index (χ0n) is 17.8. The third-order valence-electron chi connectivity index (χ3n) is 5.61. The van der Waals surface area contributed by atoms with Gasteiger partial charge in [-0.15, -0.1) is 0 Å². The maximum absolute atomic E-state index is 13.5. The third kappa shape index (κ3) is 6.32. The van der Waals surface area contributed by atoms with Crippen LogP contribution in [0.4, 0.5) is 4.39 Å². The van der Waals surface area contributed by atoms with Crippen LogP contribution in [-0.2, 0) is 0 Å². The predicted molar refractivity (Wildman–Crippen MR) is 127 cm³/mol. The van der Waals surface area contributed by atoms with Crippen molar-refractivity contribution >= 4 is 40.0 Å². The molecule has 9 heteroatoms. The molecule has 1 aliphatic rings. The van der Waals surface area contributed by atoms with Crippen LogP contribution in [0, 0.1) is 11.7 Å². The minimum atomic E-state index is -0.715. The van der Waals surface area contributed by atoms with Crippen molar-refractivity contribution in [1.29, 1.82) is 0 Å². The van der Waals surface area contributed by atoms with Gasteiger partial charge in [0.1, 0.15) is 30.0 Å². The van der Waals surface area contributed by atoms with Gasteiger partial charge in [-0.1, -0.05) is 29.3 Å². The number of fused-ring (bicyclic) bond motifs is 1. The van der Waals surface area contributed by atoms with E-state index in [4.69, 9.17) is 27.9 Å². The van der Waals surface area contributed by atoms with Crippen molar-refractivity contribution in [3.05, 3.63) is 70.1 Å². The van der Waals surface area contributed by atoms with Crippen molar-refractivity contribution in [2.75, 3.05) is 32.8 Å². The Bertz CT molecular complexity index is 1150. The molecule has 0 bridgehead atoms. The number of pyridine rings is 1. The van der Waals surface area contributed by atoms with Crippen LogP contribution >= 0.6 is 23.2 Å². The largest absolute Gasteiger partial charge is 0.491 e. The molecule has 0 aliphatic carbocycles. The van der Waals surface area contributed by atoms with E-state index >= 15 is 0 Å². The Morgan fingerprint density at radius 2 is 2.09 bits per heavy atom. The molecule has 1 unspecified atom stereocenters. The topological polar surface area (TPSA) is 74.7 Å². The van der Waals surface area contributed by atoms with Crippen molar-refractivity contribution in [3.63, 3.8) is 0 Å². The van der Waals surface area contributed by atoms with E-state index in [1.807, 2.05) is 12.1 Å². The summed E-state index contributed by atoms with van der Waals surface area (Å²) in [6.45, 7) is 2.61. The Morgan fingerprint density at radius 3 is 2.91 bits per heavy atom. The fourth-order valence-electron chi connectivity index (χ4n) is 3.91. The summed E-state index contributed by atoms with van der Waals surface area (Å²) in [4.78, 5) is 19.1. The molecule has 0 spiro atoms. The predicted octanol–water partition coefficient (Wildman–Crippen LogP) is 4.17. The van der Waals surface area contributed by atoms with Crippen LogP contribution in [0.5, 0.6) is 5.75 Å². The number of nitrogens with one attached hydrogen (secondary N) is 1. The van der Waals surface area contributed by atoms with Crippen molar-refractivity contribution in [2.24, 2.45) is 5.92 Å². The number of hydrogen-bond donors (Lipinski definition) is 2. The number of aliphatic hydroxyl groups excluding tert-OH is 1. The van der Waals surface area contributed by atoms with Gasteiger partial charge in [-0.3, -0.25) is 4.79 Å². The number of likely N-dealkylation sites (tertiary alicyclic amines) is 1. The van der Waals surface area contributed by atoms with E-state index < -0.39 is 11.9 Å². The van der Waals surface area contributed by atoms with Crippen LogP contribution < -0.4 is 10.1 Å². The molecule has 2 heterocycles. The average molecular weight is 492 g/mol. The highest BCUT2D eigenvalue weighted by Gasteiger charge is 2.25.